The minimum atomic E-state index is 0.450. The molecule has 0 saturated carbocycles. The van der Waals surface area contributed by atoms with Crippen molar-refractivity contribution in [3.63, 3.8) is 0 Å². The molecule has 0 saturated heterocycles. The second-order valence-corrected chi connectivity index (χ2v) is 4.63. The Hall–Kier alpha value is -1.66. The van der Waals surface area contributed by atoms with Gasteiger partial charge in [0.1, 0.15) is 11.5 Å². The van der Waals surface area contributed by atoms with Crippen molar-refractivity contribution in [2.45, 2.75) is 6.54 Å². The van der Waals surface area contributed by atoms with Crippen LogP contribution in [0.25, 0.3) is 0 Å². The second kappa shape index (κ2) is 6.49. The average molecular weight is 324 g/mol. The molecule has 0 fully saturated rings. The molecule has 0 unspecified atom stereocenters. The number of nitrogens with one attached hydrogen (secondary N) is 1. The molecule has 0 spiro atoms. The first-order chi connectivity index (χ1) is 9.22. The lowest BCUT2D eigenvalue weighted by molar-refractivity contribution is 0.411. The number of hydrogen-bond donors (Lipinski definition) is 1. The van der Waals surface area contributed by atoms with Gasteiger partial charge in [0.2, 0.25) is 5.88 Å². The third-order valence-corrected chi connectivity index (χ3v) is 3.01. The Bertz CT molecular complexity index is 546. The lowest BCUT2D eigenvalue weighted by Crippen LogP contribution is -2.07. The van der Waals surface area contributed by atoms with E-state index in [2.05, 4.69) is 31.2 Å². The molecule has 5 nitrogen and oxygen atoms in total. The quantitative estimate of drug-likeness (QED) is 0.916. The van der Waals surface area contributed by atoms with E-state index < -0.39 is 0 Å². The van der Waals surface area contributed by atoms with Gasteiger partial charge < -0.3 is 14.8 Å². The molecule has 2 rings (SSSR count). The SMILES string of the molecule is CNCc1cnc(Oc2ccc(OC)cc2Br)cn1. The zero-order chi connectivity index (χ0) is 13.7. The summed E-state index contributed by atoms with van der Waals surface area (Å²) in [4.78, 5) is 8.44. The van der Waals surface area contributed by atoms with Gasteiger partial charge in [0.05, 0.1) is 29.7 Å². The first-order valence-corrected chi connectivity index (χ1v) is 6.49. The van der Waals surface area contributed by atoms with Crippen LogP contribution in [0.5, 0.6) is 17.4 Å². The summed E-state index contributed by atoms with van der Waals surface area (Å²) in [6.45, 7) is 0.680. The standard InChI is InChI=1S/C13H14BrN3O2/c1-15-6-9-7-17-13(8-16-9)19-12-4-3-10(18-2)5-11(12)14/h3-5,7-8,15H,6H2,1-2H3. The van der Waals surface area contributed by atoms with Crippen molar-refractivity contribution in [2.75, 3.05) is 14.2 Å². The van der Waals surface area contributed by atoms with Crippen LogP contribution in [-0.4, -0.2) is 24.1 Å². The number of nitrogens with zero attached hydrogens (tertiary/aromatic N) is 2. The number of halogens is 1. The van der Waals surface area contributed by atoms with Crippen molar-refractivity contribution in [1.29, 1.82) is 0 Å². The molecule has 0 atom stereocenters. The number of rotatable bonds is 5. The monoisotopic (exact) mass is 323 g/mol. The summed E-state index contributed by atoms with van der Waals surface area (Å²) >= 11 is 3.42. The summed E-state index contributed by atoms with van der Waals surface area (Å²) in [7, 11) is 3.48. The third-order valence-electron chi connectivity index (χ3n) is 2.39. The molecule has 1 N–H and O–H groups in total. The smallest absolute Gasteiger partial charge is 0.237 e. The maximum absolute atomic E-state index is 5.65. The molecule has 0 radical (unpaired) electrons. The Labute approximate surface area is 120 Å². The summed E-state index contributed by atoms with van der Waals surface area (Å²) in [5.74, 6) is 1.87. The first kappa shape index (κ1) is 13.8. The zero-order valence-corrected chi connectivity index (χ0v) is 12.3. The fourth-order valence-electron chi connectivity index (χ4n) is 1.47. The van der Waals surface area contributed by atoms with Crippen molar-refractivity contribution in [3.8, 4) is 17.4 Å². The van der Waals surface area contributed by atoms with Crippen molar-refractivity contribution in [1.82, 2.24) is 15.3 Å². The van der Waals surface area contributed by atoms with E-state index in [1.807, 2.05) is 25.2 Å². The van der Waals surface area contributed by atoms with E-state index in [1.165, 1.54) is 0 Å². The minimum absolute atomic E-state index is 0.450. The van der Waals surface area contributed by atoms with Crippen LogP contribution in [0.2, 0.25) is 0 Å². The van der Waals surface area contributed by atoms with E-state index in [-0.39, 0.29) is 0 Å². The molecule has 0 bridgehead atoms. The highest BCUT2D eigenvalue weighted by molar-refractivity contribution is 9.10. The van der Waals surface area contributed by atoms with Gasteiger partial charge in [-0.1, -0.05) is 0 Å². The normalized spacial score (nSPS) is 10.3. The van der Waals surface area contributed by atoms with Crippen LogP contribution in [-0.2, 0) is 6.54 Å². The van der Waals surface area contributed by atoms with Gasteiger partial charge in [-0.25, -0.2) is 4.98 Å². The largest absolute Gasteiger partial charge is 0.497 e. The predicted octanol–water partition coefficient (Wildman–Crippen LogP) is 2.76. The van der Waals surface area contributed by atoms with Crippen LogP contribution in [0.4, 0.5) is 0 Å². The Morgan fingerprint density at radius 1 is 1.26 bits per heavy atom. The van der Waals surface area contributed by atoms with Crippen LogP contribution < -0.4 is 14.8 Å². The lowest BCUT2D eigenvalue weighted by atomic mass is 10.3. The first-order valence-electron chi connectivity index (χ1n) is 5.70. The number of methoxy groups -OCH3 is 1. The number of ether oxygens (including phenoxy) is 2. The fourth-order valence-corrected chi connectivity index (χ4v) is 1.91. The van der Waals surface area contributed by atoms with Gasteiger partial charge in [-0.15, -0.1) is 0 Å². The summed E-state index contributed by atoms with van der Waals surface area (Å²) in [5.41, 5.74) is 0.864. The maximum Gasteiger partial charge on any atom is 0.237 e. The van der Waals surface area contributed by atoms with E-state index in [4.69, 9.17) is 9.47 Å². The van der Waals surface area contributed by atoms with Gasteiger partial charge in [0, 0.05) is 6.54 Å². The van der Waals surface area contributed by atoms with Crippen LogP contribution in [0.1, 0.15) is 5.69 Å². The highest BCUT2D eigenvalue weighted by Crippen LogP contribution is 2.31. The van der Waals surface area contributed by atoms with Gasteiger partial charge in [-0.3, -0.25) is 4.98 Å². The molecule has 0 aliphatic carbocycles. The summed E-state index contributed by atoms with van der Waals surface area (Å²) in [6.07, 6.45) is 3.28. The molecule has 2 aromatic rings. The van der Waals surface area contributed by atoms with Crippen molar-refractivity contribution < 1.29 is 9.47 Å². The Kier molecular flexibility index (Phi) is 4.70. The molecular formula is C13H14BrN3O2. The molecule has 1 aromatic carbocycles. The van der Waals surface area contributed by atoms with Crippen LogP contribution in [0.3, 0.4) is 0 Å². The van der Waals surface area contributed by atoms with E-state index in [0.717, 1.165) is 15.9 Å². The van der Waals surface area contributed by atoms with E-state index >= 15 is 0 Å². The highest BCUT2D eigenvalue weighted by atomic mass is 79.9. The number of hydrogen-bond acceptors (Lipinski definition) is 5. The van der Waals surface area contributed by atoms with Crippen molar-refractivity contribution >= 4 is 15.9 Å². The molecule has 6 heteroatoms. The van der Waals surface area contributed by atoms with Gasteiger partial charge in [-0.2, -0.15) is 0 Å². The molecule has 0 aliphatic heterocycles. The third kappa shape index (κ3) is 3.65. The van der Waals surface area contributed by atoms with E-state index in [0.29, 0.717) is 18.2 Å². The molecule has 0 amide bonds. The van der Waals surface area contributed by atoms with Crippen LogP contribution >= 0.6 is 15.9 Å². The maximum atomic E-state index is 5.65. The predicted molar refractivity (Wildman–Crippen MR) is 75.6 cm³/mol. The second-order valence-electron chi connectivity index (χ2n) is 3.77. The van der Waals surface area contributed by atoms with E-state index in [1.54, 1.807) is 19.5 Å². The zero-order valence-electron chi connectivity index (χ0n) is 10.7. The molecule has 100 valence electrons. The summed E-state index contributed by atoms with van der Waals surface area (Å²) in [6, 6.07) is 5.47. The molecule has 19 heavy (non-hydrogen) atoms. The lowest BCUT2D eigenvalue weighted by Gasteiger charge is -2.08. The Morgan fingerprint density at radius 2 is 2.11 bits per heavy atom. The Morgan fingerprint density at radius 3 is 2.68 bits per heavy atom. The molecule has 0 aliphatic rings. The molecule has 1 aromatic heterocycles. The van der Waals surface area contributed by atoms with Crippen LogP contribution in [0.15, 0.2) is 35.1 Å². The number of benzene rings is 1. The minimum Gasteiger partial charge on any atom is -0.497 e. The van der Waals surface area contributed by atoms with E-state index in [9.17, 15) is 0 Å². The van der Waals surface area contributed by atoms with Gasteiger partial charge >= 0.3 is 0 Å². The fraction of sp³-hybridized carbons (Fsp3) is 0.231. The molecular weight excluding hydrogens is 310 g/mol. The average Bonchev–Trinajstić information content (AvgIpc) is 2.43. The van der Waals surface area contributed by atoms with Gasteiger partial charge in [-0.05, 0) is 41.2 Å². The van der Waals surface area contributed by atoms with Crippen molar-refractivity contribution in [3.05, 3.63) is 40.8 Å². The summed E-state index contributed by atoms with van der Waals surface area (Å²) < 4.78 is 11.6. The van der Waals surface area contributed by atoms with Crippen molar-refractivity contribution in [2.24, 2.45) is 0 Å². The van der Waals surface area contributed by atoms with Crippen LogP contribution in [0, 0.1) is 0 Å². The number of aromatic nitrogens is 2. The molecule has 1 heterocycles. The Balaban J connectivity index is 2.12. The van der Waals surface area contributed by atoms with Gasteiger partial charge in [0.15, 0.2) is 0 Å². The summed E-state index contributed by atoms with van der Waals surface area (Å²) in [5, 5.41) is 3.01. The highest BCUT2D eigenvalue weighted by Gasteiger charge is 2.06. The van der Waals surface area contributed by atoms with Gasteiger partial charge in [0.25, 0.3) is 0 Å². The topological polar surface area (TPSA) is 56.3 Å².